The first-order valence-electron chi connectivity index (χ1n) is 5.95. The van der Waals surface area contributed by atoms with Gasteiger partial charge in [-0.25, -0.2) is 8.78 Å². The lowest BCUT2D eigenvalue weighted by Gasteiger charge is -2.07. The lowest BCUT2D eigenvalue weighted by molar-refractivity contribution is 0.457. The van der Waals surface area contributed by atoms with Crippen LogP contribution in [0.5, 0.6) is 0 Å². The first-order valence-corrected chi connectivity index (χ1v) is 5.95. The third-order valence-electron chi connectivity index (χ3n) is 4.55. The molecule has 0 heterocycles. The molecule has 1 saturated carbocycles. The molecule has 0 atom stereocenters. The van der Waals surface area contributed by atoms with Gasteiger partial charge in [-0.2, -0.15) is 0 Å². The summed E-state index contributed by atoms with van der Waals surface area (Å²) in [7, 11) is 0. The maximum atomic E-state index is 13.4. The molecular formula is C14H19F2N. The lowest BCUT2D eigenvalue weighted by atomic mass is 10.0. The molecule has 17 heavy (non-hydrogen) atoms. The van der Waals surface area contributed by atoms with Crippen LogP contribution >= 0.6 is 0 Å². The standard InChI is InChI=1S/C14H19F2N/c1-13(2)12(14(13,3)4)17-8-9-6-5-7-10(15)11(9)16/h5-7,12,17H,8H2,1-4H3. The third kappa shape index (κ3) is 1.86. The van der Waals surface area contributed by atoms with Crippen LogP contribution in [0.1, 0.15) is 33.3 Å². The van der Waals surface area contributed by atoms with Gasteiger partial charge in [0, 0.05) is 18.2 Å². The van der Waals surface area contributed by atoms with E-state index in [1.54, 1.807) is 12.1 Å². The van der Waals surface area contributed by atoms with Gasteiger partial charge < -0.3 is 5.32 Å². The second-order valence-electron chi connectivity index (χ2n) is 5.97. The molecule has 0 radical (unpaired) electrons. The molecule has 0 unspecified atom stereocenters. The summed E-state index contributed by atoms with van der Waals surface area (Å²) in [5.41, 5.74) is 0.802. The van der Waals surface area contributed by atoms with Crippen LogP contribution in [0.3, 0.4) is 0 Å². The van der Waals surface area contributed by atoms with E-state index in [4.69, 9.17) is 0 Å². The maximum absolute atomic E-state index is 13.4. The molecule has 3 heteroatoms. The van der Waals surface area contributed by atoms with Crippen molar-refractivity contribution < 1.29 is 8.78 Å². The molecule has 1 aliphatic carbocycles. The second kappa shape index (κ2) is 3.77. The van der Waals surface area contributed by atoms with Crippen molar-refractivity contribution >= 4 is 0 Å². The molecule has 0 aliphatic heterocycles. The van der Waals surface area contributed by atoms with Crippen LogP contribution in [0.2, 0.25) is 0 Å². The molecule has 1 nitrogen and oxygen atoms in total. The summed E-state index contributed by atoms with van der Waals surface area (Å²) in [6, 6.07) is 4.65. The Morgan fingerprint density at radius 1 is 1.12 bits per heavy atom. The summed E-state index contributed by atoms with van der Waals surface area (Å²) in [4.78, 5) is 0. The highest BCUT2D eigenvalue weighted by molar-refractivity contribution is 5.22. The summed E-state index contributed by atoms with van der Waals surface area (Å²) >= 11 is 0. The molecule has 0 saturated heterocycles. The Bertz CT molecular complexity index is 424. The highest BCUT2D eigenvalue weighted by atomic mass is 19.2. The van der Waals surface area contributed by atoms with Crippen LogP contribution in [-0.2, 0) is 6.54 Å². The predicted octanol–water partition coefficient (Wildman–Crippen LogP) is 3.49. The number of benzene rings is 1. The fourth-order valence-electron chi connectivity index (χ4n) is 2.60. The normalized spacial score (nSPS) is 21.5. The zero-order chi connectivity index (χ0) is 12.8. The van der Waals surface area contributed by atoms with Crippen LogP contribution in [0.25, 0.3) is 0 Å². The maximum Gasteiger partial charge on any atom is 0.163 e. The van der Waals surface area contributed by atoms with Crippen LogP contribution in [0, 0.1) is 22.5 Å². The Kier molecular flexibility index (Phi) is 2.77. The zero-order valence-electron chi connectivity index (χ0n) is 10.8. The van der Waals surface area contributed by atoms with E-state index in [9.17, 15) is 8.78 Å². The highest BCUT2D eigenvalue weighted by Gasteiger charge is 2.64. The number of hydrogen-bond acceptors (Lipinski definition) is 1. The molecule has 0 spiro atoms. The minimum absolute atomic E-state index is 0.205. The van der Waals surface area contributed by atoms with Crippen LogP contribution in [0.4, 0.5) is 8.78 Å². The molecule has 1 aromatic carbocycles. The minimum Gasteiger partial charge on any atom is -0.309 e. The van der Waals surface area contributed by atoms with Gasteiger partial charge >= 0.3 is 0 Å². The smallest absolute Gasteiger partial charge is 0.163 e. The van der Waals surface area contributed by atoms with Crippen LogP contribution in [0.15, 0.2) is 18.2 Å². The van der Waals surface area contributed by atoms with Gasteiger partial charge in [-0.15, -0.1) is 0 Å². The van der Waals surface area contributed by atoms with Gasteiger partial charge in [0.15, 0.2) is 11.6 Å². The third-order valence-corrected chi connectivity index (χ3v) is 4.55. The molecule has 94 valence electrons. The van der Waals surface area contributed by atoms with Gasteiger partial charge in [0.1, 0.15) is 0 Å². The van der Waals surface area contributed by atoms with E-state index in [2.05, 4.69) is 33.0 Å². The Morgan fingerprint density at radius 3 is 2.24 bits per heavy atom. The van der Waals surface area contributed by atoms with E-state index in [0.29, 0.717) is 18.2 Å². The van der Waals surface area contributed by atoms with Crippen molar-refractivity contribution in [2.75, 3.05) is 0 Å². The van der Waals surface area contributed by atoms with Gasteiger partial charge in [-0.1, -0.05) is 39.8 Å². The van der Waals surface area contributed by atoms with E-state index < -0.39 is 11.6 Å². The van der Waals surface area contributed by atoms with Crippen molar-refractivity contribution in [2.24, 2.45) is 10.8 Å². The van der Waals surface area contributed by atoms with E-state index in [1.807, 2.05) is 0 Å². The molecule has 0 bridgehead atoms. The molecule has 0 amide bonds. The highest BCUT2D eigenvalue weighted by Crippen LogP contribution is 2.62. The van der Waals surface area contributed by atoms with Crippen molar-refractivity contribution in [3.8, 4) is 0 Å². The molecule has 2 rings (SSSR count). The first kappa shape index (κ1) is 12.5. The molecule has 1 N–H and O–H groups in total. The first-order chi connectivity index (χ1) is 7.78. The fourth-order valence-corrected chi connectivity index (χ4v) is 2.60. The van der Waals surface area contributed by atoms with Gasteiger partial charge in [0.2, 0.25) is 0 Å². The van der Waals surface area contributed by atoms with E-state index >= 15 is 0 Å². The minimum atomic E-state index is -0.779. The summed E-state index contributed by atoms with van der Waals surface area (Å²) in [6.07, 6.45) is 0. The van der Waals surface area contributed by atoms with Crippen LogP contribution in [-0.4, -0.2) is 6.04 Å². The largest absolute Gasteiger partial charge is 0.309 e. The Labute approximate surface area is 101 Å². The Balaban J connectivity index is 2.03. The molecule has 1 aromatic rings. The average molecular weight is 239 g/mol. The van der Waals surface area contributed by atoms with E-state index in [-0.39, 0.29) is 10.8 Å². The lowest BCUT2D eigenvalue weighted by Crippen LogP contribution is -2.22. The Hall–Kier alpha value is -0.960. The SMILES string of the molecule is CC1(C)C(NCc2cccc(F)c2F)C1(C)C. The number of hydrogen-bond donors (Lipinski definition) is 1. The molecular weight excluding hydrogens is 220 g/mol. The van der Waals surface area contributed by atoms with Crippen molar-refractivity contribution in [1.82, 2.24) is 5.32 Å². The average Bonchev–Trinajstić information content (AvgIpc) is 2.61. The molecule has 0 aromatic heterocycles. The molecule has 1 aliphatic rings. The number of rotatable bonds is 3. The zero-order valence-corrected chi connectivity index (χ0v) is 10.8. The number of nitrogens with one attached hydrogen (secondary N) is 1. The van der Waals surface area contributed by atoms with Gasteiger partial charge in [-0.05, 0) is 16.9 Å². The summed E-state index contributed by atoms with van der Waals surface area (Å²) in [5.74, 6) is -1.52. The number of halogens is 2. The topological polar surface area (TPSA) is 12.0 Å². The molecule has 1 fully saturated rings. The predicted molar refractivity (Wildman–Crippen MR) is 64.5 cm³/mol. The van der Waals surface area contributed by atoms with Crippen LogP contribution < -0.4 is 5.32 Å². The van der Waals surface area contributed by atoms with E-state index in [0.717, 1.165) is 6.07 Å². The van der Waals surface area contributed by atoms with Crippen molar-refractivity contribution in [2.45, 2.75) is 40.3 Å². The van der Waals surface area contributed by atoms with Crippen molar-refractivity contribution in [1.29, 1.82) is 0 Å². The van der Waals surface area contributed by atoms with Crippen molar-refractivity contribution in [3.05, 3.63) is 35.4 Å². The second-order valence-corrected chi connectivity index (χ2v) is 5.97. The van der Waals surface area contributed by atoms with Gasteiger partial charge in [-0.3, -0.25) is 0 Å². The summed E-state index contributed by atoms with van der Waals surface area (Å²) in [6.45, 7) is 9.12. The quantitative estimate of drug-likeness (QED) is 0.851. The fraction of sp³-hybridized carbons (Fsp3) is 0.571. The van der Waals surface area contributed by atoms with E-state index in [1.165, 1.54) is 0 Å². The monoisotopic (exact) mass is 239 g/mol. The van der Waals surface area contributed by atoms with Crippen molar-refractivity contribution in [3.63, 3.8) is 0 Å². The summed E-state index contributed by atoms with van der Waals surface area (Å²) < 4.78 is 26.5. The van der Waals surface area contributed by atoms with Gasteiger partial charge in [0.05, 0.1) is 0 Å². The van der Waals surface area contributed by atoms with Gasteiger partial charge in [0.25, 0.3) is 0 Å². The summed E-state index contributed by atoms with van der Waals surface area (Å²) in [5, 5.41) is 3.31. The Morgan fingerprint density at radius 2 is 1.71 bits per heavy atom.